The zero-order valence-electron chi connectivity index (χ0n) is 17.9. The van der Waals surface area contributed by atoms with Crippen molar-refractivity contribution in [2.75, 3.05) is 20.7 Å². The highest BCUT2D eigenvalue weighted by Crippen LogP contribution is 2.42. The summed E-state index contributed by atoms with van der Waals surface area (Å²) in [6.45, 7) is 4.28. The molecule has 0 aliphatic rings. The Hall–Kier alpha value is -2.43. The highest BCUT2D eigenvalue weighted by Gasteiger charge is 2.42. The highest BCUT2D eigenvalue weighted by molar-refractivity contribution is 5.81. The number of carbonyl (C=O) groups is 1. The minimum Gasteiger partial charge on any atom is -0.463 e. The van der Waals surface area contributed by atoms with E-state index in [1.54, 1.807) is 13.0 Å². The lowest BCUT2D eigenvalue weighted by atomic mass is 9.66. The van der Waals surface area contributed by atoms with E-state index in [0.29, 0.717) is 13.0 Å². The zero-order valence-corrected chi connectivity index (χ0v) is 17.9. The third-order valence-corrected chi connectivity index (χ3v) is 5.55. The Labute approximate surface area is 174 Å². The van der Waals surface area contributed by atoms with Gasteiger partial charge in [0.2, 0.25) is 0 Å². The quantitative estimate of drug-likeness (QED) is 0.484. The van der Waals surface area contributed by atoms with Crippen LogP contribution in [0.4, 0.5) is 0 Å². The van der Waals surface area contributed by atoms with Crippen LogP contribution < -0.4 is 0 Å². The van der Waals surface area contributed by atoms with Gasteiger partial charge in [0, 0.05) is 17.5 Å². The molecule has 1 N–H and O–H groups in total. The van der Waals surface area contributed by atoms with Gasteiger partial charge in [-0.3, -0.25) is 0 Å². The Morgan fingerprint density at radius 3 is 2.03 bits per heavy atom. The Kier molecular flexibility index (Phi) is 8.62. The molecule has 0 bridgehead atoms. The van der Waals surface area contributed by atoms with Crippen LogP contribution in [0.25, 0.3) is 0 Å². The van der Waals surface area contributed by atoms with Crippen LogP contribution in [-0.2, 0) is 14.9 Å². The summed E-state index contributed by atoms with van der Waals surface area (Å²) in [6, 6.07) is 20.6. The number of ether oxygens (including phenoxy) is 1. The Morgan fingerprint density at radius 1 is 1.07 bits per heavy atom. The van der Waals surface area contributed by atoms with E-state index in [0.717, 1.165) is 17.5 Å². The molecule has 2 aromatic rings. The van der Waals surface area contributed by atoms with Crippen molar-refractivity contribution < 1.29 is 14.6 Å². The third-order valence-electron chi connectivity index (χ3n) is 5.55. The first-order chi connectivity index (χ1) is 13.9. The number of aliphatic hydroxyl groups is 1. The fourth-order valence-corrected chi connectivity index (χ4v) is 3.73. The second-order valence-electron chi connectivity index (χ2n) is 7.63. The molecule has 0 saturated carbocycles. The van der Waals surface area contributed by atoms with Crippen molar-refractivity contribution in [3.8, 4) is 0 Å². The molecular formula is C25H33NO3. The summed E-state index contributed by atoms with van der Waals surface area (Å²) in [7, 11) is 4.11. The van der Waals surface area contributed by atoms with E-state index in [2.05, 4.69) is 50.2 Å². The lowest BCUT2D eigenvalue weighted by Crippen LogP contribution is -2.45. The van der Waals surface area contributed by atoms with Crippen LogP contribution >= 0.6 is 0 Å². The molecule has 0 aliphatic heterocycles. The van der Waals surface area contributed by atoms with Crippen LogP contribution in [-0.4, -0.2) is 48.8 Å². The van der Waals surface area contributed by atoms with Gasteiger partial charge in [-0.25, -0.2) is 4.79 Å². The van der Waals surface area contributed by atoms with E-state index in [-0.39, 0.29) is 12.0 Å². The van der Waals surface area contributed by atoms with Crippen molar-refractivity contribution in [3.63, 3.8) is 0 Å². The van der Waals surface area contributed by atoms with Crippen molar-refractivity contribution in [1.82, 2.24) is 4.90 Å². The Bertz CT molecular complexity index is 732. The van der Waals surface area contributed by atoms with E-state index in [1.165, 1.54) is 6.08 Å². The number of nitrogens with zero attached hydrogens (tertiary/aromatic N) is 1. The molecule has 4 nitrogen and oxygen atoms in total. The third kappa shape index (κ3) is 5.78. The van der Waals surface area contributed by atoms with Gasteiger partial charge in [-0.05, 0) is 51.9 Å². The number of benzene rings is 2. The second kappa shape index (κ2) is 10.9. The van der Waals surface area contributed by atoms with E-state index >= 15 is 0 Å². The van der Waals surface area contributed by atoms with Gasteiger partial charge < -0.3 is 14.7 Å². The number of aliphatic hydroxyl groups excluding tert-OH is 1. The van der Waals surface area contributed by atoms with Crippen LogP contribution in [0.3, 0.4) is 0 Å². The van der Waals surface area contributed by atoms with Crippen molar-refractivity contribution >= 4 is 5.97 Å². The molecule has 2 unspecified atom stereocenters. The predicted molar refractivity (Wildman–Crippen MR) is 118 cm³/mol. The van der Waals surface area contributed by atoms with Gasteiger partial charge in [0.25, 0.3) is 0 Å². The Balaban J connectivity index is 2.51. The highest BCUT2D eigenvalue weighted by atomic mass is 16.5. The van der Waals surface area contributed by atoms with Crippen molar-refractivity contribution in [2.24, 2.45) is 0 Å². The molecule has 4 heteroatoms. The predicted octanol–water partition coefficient (Wildman–Crippen LogP) is 4.18. The lowest BCUT2D eigenvalue weighted by Gasteiger charge is -2.42. The van der Waals surface area contributed by atoms with E-state index < -0.39 is 11.5 Å². The van der Waals surface area contributed by atoms with Crippen LogP contribution in [0, 0.1) is 0 Å². The van der Waals surface area contributed by atoms with Crippen molar-refractivity contribution in [1.29, 1.82) is 0 Å². The fourth-order valence-electron chi connectivity index (χ4n) is 3.73. The lowest BCUT2D eigenvalue weighted by molar-refractivity contribution is -0.137. The molecule has 0 aromatic heterocycles. The standard InChI is InChI=1S/C25H33NO3/c1-5-29-24(28)18-12-17-23(27)25(19-20(2)26(3)4,21-13-8-6-9-14-21)22-15-10-7-11-16-22/h6-16,18,20,23,27H,5,17,19H2,1-4H3. The Morgan fingerprint density at radius 2 is 1.59 bits per heavy atom. The number of rotatable bonds is 10. The molecular weight excluding hydrogens is 362 g/mol. The molecule has 0 amide bonds. The molecule has 29 heavy (non-hydrogen) atoms. The summed E-state index contributed by atoms with van der Waals surface area (Å²) in [5.41, 5.74) is 1.53. The van der Waals surface area contributed by atoms with E-state index in [9.17, 15) is 9.90 Å². The van der Waals surface area contributed by atoms with Gasteiger partial charge in [-0.2, -0.15) is 0 Å². The summed E-state index contributed by atoms with van der Waals surface area (Å²) in [5.74, 6) is -0.383. The van der Waals surface area contributed by atoms with Crippen molar-refractivity contribution in [3.05, 3.63) is 83.9 Å². The maximum absolute atomic E-state index is 11.7. The normalized spacial score (nSPS) is 14.1. The number of esters is 1. The first-order valence-electron chi connectivity index (χ1n) is 10.2. The molecule has 0 saturated heterocycles. The van der Waals surface area contributed by atoms with Crippen LogP contribution in [0.1, 0.15) is 37.8 Å². The molecule has 0 radical (unpaired) electrons. The monoisotopic (exact) mass is 395 g/mol. The number of hydrogen-bond acceptors (Lipinski definition) is 4. The smallest absolute Gasteiger partial charge is 0.330 e. The topological polar surface area (TPSA) is 49.8 Å². The van der Waals surface area contributed by atoms with Gasteiger partial charge in [0.1, 0.15) is 0 Å². The molecule has 156 valence electrons. The van der Waals surface area contributed by atoms with Gasteiger partial charge in [-0.15, -0.1) is 0 Å². The van der Waals surface area contributed by atoms with Gasteiger partial charge in [0.15, 0.2) is 0 Å². The molecule has 2 rings (SSSR count). The minimum absolute atomic E-state index is 0.235. The summed E-state index contributed by atoms with van der Waals surface area (Å²) in [6.07, 6.45) is 3.50. The number of hydrogen-bond donors (Lipinski definition) is 1. The zero-order chi connectivity index (χ0) is 21.3. The minimum atomic E-state index is -0.708. The van der Waals surface area contributed by atoms with Gasteiger partial charge in [0.05, 0.1) is 12.7 Å². The fraction of sp³-hybridized carbons (Fsp3) is 0.400. The molecule has 0 fully saturated rings. The SMILES string of the molecule is CCOC(=O)C=CCC(O)C(CC(C)N(C)C)(c1ccccc1)c1ccccc1. The molecule has 2 aromatic carbocycles. The van der Waals surface area contributed by atoms with Crippen molar-refractivity contribution in [2.45, 2.75) is 44.2 Å². The van der Waals surface area contributed by atoms with E-state index in [4.69, 9.17) is 4.74 Å². The molecule has 0 spiro atoms. The average Bonchev–Trinajstić information content (AvgIpc) is 2.73. The summed E-state index contributed by atoms with van der Waals surface area (Å²) in [5, 5.41) is 11.5. The molecule has 0 aliphatic carbocycles. The average molecular weight is 396 g/mol. The van der Waals surface area contributed by atoms with Crippen LogP contribution in [0.15, 0.2) is 72.8 Å². The summed E-state index contributed by atoms with van der Waals surface area (Å²) >= 11 is 0. The first-order valence-corrected chi connectivity index (χ1v) is 10.2. The second-order valence-corrected chi connectivity index (χ2v) is 7.63. The van der Waals surface area contributed by atoms with E-state index in [1.807, 2.05) is 36.4 Å². The maximum Gasteiger partial charge on any atom is 0.330 e. The summed E-state index contributed by atoms with van der Waals surface area (Å²) < 4.78 is 4.96. The molecule has 2 atom stereocenters. The van der Waals surface area contributed by atoms with Gasteiger partial charge in [-0.1, -0.05) is 66.7 Å². The largest absolute Gasteiger partial charge is 0.463 e. The van der Waals surface area contributed by atoms with Crippen LogP contribution in [0.5, 0.6) is 0 Å². The molecule has 0 heterocycles. The van der Waals surface area contributed by atoms with Crippen LogP contribution in [0.2, 0.25) is 0 Å². The van der Waals surface area contributed by atoms with Gasteiger partial charge >= 0.3 is 5.97 Å². The first kappa shape index (κ1) is 22.9. The summed E-state index contributed by atoms with van der Waals surface area (Å²) in [4.78, 5) is 13.9. The maximum atomic E-state index is 11.7. The number of carbonyl (C=O) groups excluding carboxylic acids is 1.